The molecule has 0 spiro atoms. The molecule has 6 heteroatoms. The van der Waals surface area contributed by atoms with E-state index in [0.717, 1.165) is 0 Å². The van der Waals surface area contributed by atoms with Crippen molar-refractivity contribution in [3.8, 4) is 0 Å². The zero-order chi connectivity index (χ0) is 13.7. The molecule has 2 rings (SSSR count). The summed E-state index contributed by atoms with van der Waals surface area (Å²) in [7, 11) is -0.708. The highest BCUT2D eigenvalue weighted by Crippen LogP contribution is 2.36. The van der Waals surface area contributed by atoms with Crippen molar-refractivity contribution < 1.29 is 13.7 Å². The van der Waals surface area contributed by atoms with Crippen molar-refractivity contribution >= 4 is 12.7 Å². The van der Waals surface area contributed by atoms with Gasteiger partial charge in [0, 0.05) is 6.04 Å². The Bertz CT molecular complexity index is 441. The molecule has 1 aromatic rings. The first-order valence-corrected chi connectivity index (χ1v) is 6.24. The Labute approximate surface area is 108 Å². The lowest BCUT2D eigenvalue weighted by Crippen LogP contribution is -2.42. The lowest BCUT2D eigenvalue weighted by atomic mass is 9.84. The maximum atomic E-state index is 13.9. The van der Waals surface area contributed by atoms with Crippen LogP contribution in [-0.2, 0) is 9.31 Å². The topological polar surface area (TPSA) is 36.3 Å². The number of hydrogen-bond donors (Lipinski definition) is 0. The normalized spacial score (nSPS) is 21.9. The van der Waals surface area contributed by atoms with Crippen LogP contribution in [0.3, 0.4) is 0 Å². The van der Waals surface area contributed by atoms with Gasteiger partial charge in [-0.25, -0.2) is 4.39 Å². The third-order valence-electron chi connectivity index (χ3n) is 3.75. The van der Waals surface area contributed by atoms with Crippen LogP contribution in [0.15, 0.2) is 6.20 Å². The second-order valence-electron chi connectivity index (χ2n) is 6.00. The molecular formula is C12H20BFN2O2. The second kappa shape index (κ2) is 4.06. The molecule has 100 valence electrons. The second-order valence-corrected chi connectivity index (χ2v) is 6.00. The molecule has 1 saturated heterocycles. The molecular weight excluding hydrogens is 234 g/mol. The fraction of sp³-hybridized carbons (Fsp3) is 0.750. The predicted octanol–water partition coefficient (Wildman–Crippen LogP) is 1.90. The summed E-state index contributed by atoms with van der Waals surface area (Å²) in [6, 6.07) is 0.0588. The summed E-state index contributed by atoms with van der Waals surface area (Å²) in [5.74, 6) is -0.387. The fourth-order valence-corrected chi connectivity index (χ4v) is 1.94. The molecule has 0 aromatic carbocycles. The first-order valence-electron chi connectivity index (χ1n) is 6.24. The van der Waals surface area contributed by atoms with Crippen LogP contribution in [0.25, 0.3) is 0 Å². The maximum Gasteiger partial charge on any atom is 0.517 e. The fourth-order valence-electron chi connectivity index (χ4n) is 1.94. The molecule has 2 heterocycles. The van der Waals surface area contributed by atoms with Crippen LogP contribution in [-0.4, -0.2) is 28.1 Å². The third kappa shape index (κ3) is 1.97. The van der Waals surface area contributed by atoms with Gasteiger partial charge in [0.25, 0.3) is 0 Å². The molecule has 1 aliphatic rings. The average molecular weight is 254 g/mol. The van der Waals surface area contributed by atoms with Crippen molar-refractivity contribution in [1.29, 1.82) is 0 Å². The van der Waals surface area contributed by atoms with E-state index in [-0.39, 0.29) is 11.9 Å². The van der Waals surface area contributed by atoms with Gasteiger partial charge in [-0.1, -0.05) is 0 Å². The zero-order valence-corrected chi connectivity index (χ0v) is 11.8. The standard InChI is InChI=1S/C12H20BFN2O2/c1-8(2)16-10(9(14)7-15-16)13-17-11(3,4)12(5,6)18-13/h7-8H,1-6H3. The molecule has 1 aliphatic heterocycles. The van der Waals surface area contributed by atoms with Gasteiger partial charge in [-0.3, -0.25) is 4.68 Å². The van der Waals surface area contributed by atoms with Gasteiger partial charge in [0.15, 0.2) is 5.82 Å². The average Bonchev–Trinajstić information content (AvgIpc) is 2.66. The van der Waals surface area contributed by atoms with Gasteiger partial charge in [0.1, 0.15) is 5.59 Å². The van der Waals surface area contributed by atoms with Gasteiger partial charge in [-0.15, -0.1) is 0 Å². The minimum Gasteiger partial charge on any atom is -0.398 e. The molecule has 18 heavy (non-hydrogen) atoms. The Balaban J connectivity index is 2.38. The first-order chi connectivity index (χ1) is 8.16. The Morgan fingerprint density at radius 3 is 2.17 bits per heavy atom. The van der Waals surface area contributed by atoms with Gasteiger partial charge in [-0.05, 0) is 41.5 Å². The Morgan fingerprint density at radius 2 is 1.72 bits per heavy atom. The zero-order valence-electron chi connectivity index (χ0n) is 11.8. The minimum absolute atomic E-state index is 0.0588. The summed E-state index contributed by atoms with van der Waals surface area (Å²) in [6.07, 6.45) is 1.21. The first kappa shape index (κ1) is 13.6. The van der Waals surface area contributed by atoms with Crippen LogP contribution < -0.4 is 5.59 Å². The number of aromatic nitrogens is 2. The molecule has 0 N–H and O–H groups in total. The number of nitrogens with zero attached hydrogens (tertiary/aromatic N) is 2. The van der Waals surface area contributed by atoms with Crippen molar-refractivity contribution in [3.05, 3.63) is 12.0 Å². The molecule has 0 bridgehead atoms. The van der Waals surface area contributed by atoms with Crippen molar-refractivity contribution in [2.75, 3.05) is 0 Å². The van der Waals surface area contributed by atoms with E-state index in [1.165, 1.54) is 6.20 Å². The summed E-state index contributed by atoms with van der Waals surface area (Å²) in [4.78, 5) is 0. The van der Waals surface area contributed by atoms with Gasteiger partial charge in [-0.2, -0.15) is 5.10 Å². The van der Waals surface area contributed by atoms with Crippen molar-refractivity contribution in [2.45, 2.75) is 58.8 Å². The predicted molar refractivity (Wildman–Crippen MR) is 68.3 cm³/mol. The summed E-state index contributed by atoms with van der Waals surface area (Å²) in [5, 5.41) is 4.04. The minimum atomic E-state index is -0.708. The smallest absolute Gasteiger partial charge is 0.398 e. The SMILES string of the molecule is CC(C)n1ncc(F)c1B1OC(C)(C)C(C)(C)O1. The van der Waals surface area contributed by atoms with Crippen LogP contribution in [0.4, 0.5) is 4.39 Å². The van der Waals surface area contributed by atoms with Gasteiger partial charge < -0.3 is 9.31 Å². The van der Waals surface area contributed by atoms with Gasteiger partial charge in [0.05, 0.1) is 17.4 Å². The van der Waals surface area contributed by atoms with Crippen LogP contribution in [0, 0.1) is 5.82 Å². The Morgan fingerprint density at radius 1 is 1.22 bits per heavy atom. The Hall–Kier alpha value is -0.875. The van der Waals surface area contributed by atoms with Crippen LogP contribution in [0.2, 0.25) is 0 Å². The molecule has 4 nitrogen and oxygen atoms in total. The molecule has 0 aliphatic carbocycles. The highest BCUT2D eigenvalue weighted by atomic mass is 19.1. The quantitative estimate of drug-likeness (QED) is 0.756. The third-order valence-corrected chi connectivity index (χ3v) is 3.75. The lowest BCUT2D eigenvalue weighted by molar-refractivity contribution is 0.00578. The highest BCUT2D eigenvalue weighted by Gasteiger charge is 2.53. The van der Waals surface area contributed by atoms with E-state index >= 15 is 0 Å². The van der Waals surface area contributed by atoms with Crippen LogP contribution >= 0.6 is 0 Å². The van der Waals surface area contributed by atoms with Crippen molar-refractivity contribution in [1.82, 2.24) is 9.78 Å². The van der Waals surface area contributed by atoms with E-state index in [9.17, 15) is 4.39 Å². The maximum absolute atomic E-state index is 13.9. The largest absolute Gasteiger partial charge is 0.517 e. The van der Waals surface area contributed by atoms with E-state index < -0.39 is 18.3 Å². The summed E-state index contributed by atoms with van der Waals surface area (Å²) in [5.41, 5.74) is -0.588. The van der Waals surface area contributed by atoms with E-state index in [4.69, 9.17) is 9.31 Å². The van der Waals surface area contributed by atoms with E-state index in [1.54, 1.807) is 4.68 Å². The summed E-state index contributed by atoms with van der Waals surface area (Å²) >= 11 is 0. The molecule has 1 fully saturated rings. The molecule has 0 atom stereocenters. The van der Waals surface area contributed by atoms with Crippen LogP contribution in [0.5, 0.6) is 0 Å². The number of hydrogen-bond acceptors (Lipinski definition) is 3. The van der Waals surface area contributed by atoms with Gasteiger partial charge >= 0.3 is 7.12 Å². The summed E-state index contributed by atoms with van der Waals surface area (Å²) in [6.45, 7) is 11.7. The van der Waals surface area contributed by atoms with E-state index in [2.05, 4.69) is 5.10 Å². The highest BCUT2D eigenvalue weighted by molar-refractivity contribution is 6.61. The molecule has 0 radical (unpaired) electrons. The number of rotatable bonds is 2. The summed E-state index contributed by atoms with van der Waals surface area (Å²) < 4.78 is 27.2. The van der Waals surface area contributed by atoms with Gasteiger partial charge in [0.2, 0.25) is 0 Å². The molecule has 0 unspecified atom stereocenters. The molecule has 0 amide bonds. The van der Waals surface area contributed by atoms with Crippen LogP contribution in [0.1, 0.15) is 47.6 Å². The van der Waals surface area contributed by atoms with E-state index in [0.29, 0.717) is 5.59 Å². The lowest BCUT2D eigenvalue weighted by Gasteiger charge is -2.32. The van der Waals surface area contributed by atoms with E-state index in [1.807, 2.05) is 41.5 Å². The van der Waals surface area contributed by atoms with Crippen molar-refractivity contribution in [2.24, 2.45) is 0 Å². The monoisotopic (exact) mass is 254 g/mol. The number of halogens is 1. The Kier molecular flexibility index (Phi) is 3.06. The molecule has 0 saturated carbocycles. The van der Waals surface area contributed by atoms with Crippen molar-refractivity contribution in [3.63, 3.8) is 0 Å². The molecule has 1 aromatic heterocycles.